The van der Waals surface area contributed by atoms with E-state index in [1.165, 1.54) is 5.56 Å². The Bertz CT molecular complexity index is 682. The van der Waals surface area contributed by atoms with E-state index in [4.69, 9.17) is 9.47 Å². The first-order valence-corrected chi connectivity index (χ1v) is 8.21. The fraction of sp³-hybridized carbons (Fsp3) is 0.474. The van der Waals surface area contributed by atoms with Crippen LogP contribution in [0.4, 0.5) is 0 Å². The number of ether oxygens (including phenoxy) is 2. The molecule has 0 unspecified atom stereocenters. The summed E-state index contributed by atoms with van der Waals surface area (Å²) in [5, 5.41) is 4.38. The maximum Gasteiger partial charge on any atom is 0.358 e. The Balaban J connectivity index is 2.37. The van der Waals surface area contributed by atoms with E-state index in [9.17, 15) is 4.79 Å². The molecule has 0 aliphatic rings. The van der Waals surface area contributed by atoms with E-state index < -0.39 is 5.97 Å². The lowest BCUT2D eigenvalue weighted by molar-refractivity contribution is 0.0518. The number of benzene rings is 1. The largest absolute Gasteiger partial charge is 0.461 e. The van der Waals surface area contributed by atoms with Crippen molar-refractivity contribution >= 4 is 5.97 Å². The molecule has 0 fully saturated rings. The molecule has 1 aromatic heterocycles. The molecule has 1 heterocycles. The van der Waals surface area contributed by atoms with Gasteiger partial charge in [-0.05, 0) is 29.5 Å². The third kappa shape index (κ3) is 4.23. The smallest absolute Gasteiger partial charge is 0.358 e. The fourth-order valence-corrected chi connectivity index (χ4v) is 2.44. The zero-order valence-electron chi connectivity index (χ0n) is 15.1. The van der Waals surface area contributed by atoms with Crippen LogP contribution in [0, 0.1) is 0 Å². The van der Waals surface area contributed by atoms with Crippen molar-refractivity contribution in [2.24, 2.45) is 0 Å². The number of hydrogen-bond acceptors (Lipinski definition) is 4. The minimum absolute atomic E-state index is 0.102. The van der Waals surface area contributed by atoms with E-state index in [0.29, 0.717) is 25.5 Å². The first kappa shape index (κ1) is 18.2. The lowest BCUT2D eigenvalue weighted by atomic mass is 9.86. The van der Waals surface area contributed by atoms with Crippen molar-refractivity contribution in [3.8, 4) is 11.3 Å². The first-order chi connectivity index (χ1) is 11.4. The van der Waals surface area contributed by atoms with E-state index in [1.807, 2.05) is 0 Å². The predicted molar refractivity (Wildman–Crippen MR) is 94.2 cm³/mol. The van der Waals surface area contributed by atoms with E-state index in [1.54, 1.807) is 24.8 Å². The standard InChI is InChI=1S/C19H26N2O3/c1-6-24-18(22)16-13-17(21(20-16)11-12-23-5)14-7-9-15(10-8-14)19(2,3)4/h7-10,13H,6,11-12H2,1-5H3. The lowest BCUT2D eigenvalue weighted by Gasteiger charge is -2.19. The highest BCUT2D eigenvalue weighted by atomic mass is 16.5. The molecule has 0 bridgehead atoms. The molecule has 130 valence electrons. The minimum atomic E-state index is -0.402. The highest BCUT2D eigenvalue weighted by Gasteiger charge is 2.18. The molecular formula is C19H26N2O3. The molecule has 0 aliphatic carbocycles. The van der Waals surface area contributed by atoms with Gasteiger partial charge in [0.05, 0.1) is 25.5 Å². The third-order valence-electron chi connectivity index (χ3n) is 3.82. The van der Waals surface area contributed by atoms with Gasteiger partial charge in [0.15, 0.2) is 5.69 Å². The quantitative estimate of drug-likeness (QED) is 0.758. The fourth-order valence-electron chi connectivity index (χ4n) is 2.44. The van der Waals surface area contributed by atoms with Gasteiger partial charge in [0.2, 0.25) is 0 Å². The Hall–Kier alpha value is -2.14. The second-order valence-corrected chi connectivity index (χ2v) is 6.68. The van der Waals surface area contributed by atoms with Crippen molar-refractivity contribution in [3.05, 3.63) is 41.6 Å². The summed E-state index contributed by atoms with van der Waals surface area (Å²) in [4.78, 5) is 12.0. The van der Waals surface area contributed by atoms with Crippen LogP contribution < -0.4 is 0 Å². The van der Waals surface area contributed by atoms with Gasteiger partial charge in [-0.3, -0.25) is 4.68 Å². The van der Waals surface area contributed by atoms with Crippen LogP contribution in [0.1, 0.15) is 43.7 Å². The molecular weight excluding hydrogens is 304 g/mol. The van der Waals surface area contributed by atoms with Gasteiger partial charge in [-0.25, -0.2) is 4.79 Å². The first-order valence-electron chi connectivity index (χ1n) is 8.21. The van der Waals surface area contributed by atoms with Crippen molar-refractivity contribution in [3.63, 3.8) is 0 Å². The third-order valence-corrected chi connectivity index (χ3v) is 3.82. The summed E-state index contributed by atoms with van der Waals surface area (Å²) in [6.45, 7) is 9.77. The number of esters is 1. The average Bonchev–Trinajstić information content (AvgIpc) is 2.96. The van der Waals surface area contributed by atoms with Crippen LogP contribution in [0.2, 0.25) is 0 Å². The molecule has 0 N–H and O–H groups in total. The molecule has 0 spiro atoms. The SMILES string of the molecule is CCOC(=O)c1cc(-c2ccc(C(C)(C)C)cc2)n(CCOC)n1. The number of carbonyl (C=O) groups excluding carboxylic acids is 1. The number of aromatic nitrogens is 2. The van der Waals surface area contributed by atoms with Gasteiger partial charge in [0.1, 0.15) is 0 Å². The zero-order valence-corrected chi connectivity index (χ0v) is 15.1. The number of carbonyl (C=O) groups is 1. The minimum Gasteiger partial charge on any atom is -0.461 e. The van der Waals surface area contributed by atoms with E-state index in [0.717, 1.165) is 11.3 Å². The lowest BCUT2D eigenvalue weighted by Crippen LogP contribution is -2.11. The van der Waals surface area contributed by atoms with Crippen molar-refractivity contribution in [2.75, 3.05) is 20.3 Å². The Morgan fingerprint density at radius 2 is 1.88 bits per heavy atom. The predicted octanol–water partition coefficient (Wildman–Crippen LogP) is 3.67. The molecule has 1 aromatic carbocycles. The molecule has 0 saturated heterocycles. The molecule has 0 saturated carbocycles. The summed E-state index contributed by atoms with van der Waals surface area (Å²) in [5.41, 5.74) is 3.59. The second-order valence-electron chi connectivity index (χ2n) is 6.68. The van der Waals surface area contributed by atoms with Crippen LogP contribution in [0.15, 0.2) is 30.3 Å². The normalized spacial score (nSPS) is 11.5. The van der Waals surface area contributed by atoms with Gasteiger partial charge in [0, 0.05) is 7.11 Å². The van der Waals surface area contributed by atoms with Crippen LogP contribution in [0.5, 0.6) is 0 Å². The van der Waals surface area contributed by atoms with Gasteiger partial charge in [-0.2, -0.15) is 5.10 Å². The molecule has 2 rings (SSSR count). The number of methoxy groups -OCH3 is 1. The molecule has 24 heavy (non-hydrogen) atoms. The van der Waals surface area contributed by atoms with Crippen LogP contribution in [0.25, 0.3) is 11.3 Å². The van der Waals surface area contributed by atoms with Crippen molar-refractivity contribution in [1.82, 2.24) is 9.78 Å². The Morgan fingerprint density at radius 3 is 2.42 bits per heavy atom. The van der Waals surface area contributed by atoms with E-state index in [-0.39, 0.29) is 5.41 Å². The van der Waals surface area contributed by atoms with Crippen LogP contribution >= 0.6 is 0 Å². The van der Waals surface area contributed by atoms with Gasteiger partial charge in [0.25, 0.3) is 0 Å². The molecule has 5 heteroatoms. The van der Waals surface area contributed by atoms with Crippen molar-refractivity contribution in [1.29, 1.82) is 0 Å². The average molecular weight is 330 g/mol. The summed E-state index contributed by atoms with van der Waals surface area (Å²) in [5.74, 6) is -0.402. The summed E-state index contributed by atoms with van der Waals surface area (Å²) in [6.07, 6.45) is 0. The number of rotatable bonds is 6. The van der Waals surface area contributed by atoms with Gasteiger partial charge < -0.3 is 9.47 Å². The molecule has 0 amide bonds. The van der Waals surface area contributed by atoms with Crippen molar-refractivity contribution in [2.45, 2.75) is 39.7 Å². The maximum atomic E-state index is 12.0. The Labute approximate surface area is 143 Å². The van der Waals surface area contributed by atoms with E-state index >= 15 is 0 Å². The number of nitrogens with zero attached hydrogens (tertiary/aromatic N) is 2. The highest BCUT2D eigenvalue weighted by molar-refractivity contribution is 5.88. The topological polar surface area (TPSA) is 53.4 Å². The maximum absolute atomic E-state index is 12.0. The summed E-state index contributed by atoms with van der Waals surface area (Å²) >= 11 is 0. The monoisotopic (exact) mass is 330 g/mol. The Morgan fingerprint density at radius 1 is 1.21 bits per heavy atom. The molecule has 5 nitrogen and oxygen atoms in total. The van der Waals surface area contributed by atoms with Gasteiger partial charge in [-0.15, -0.1) is 0 Å². The number of hydrogen-bond donors (Lipinski definition) is 0. The van der Waals surface area contributed by atoms with Gasteiger partial charge >= 0.3 is 5.97 Å². The summed E-state index contributed by atoms with van der Waals surface area (Å²) in [7, 11) is 1.65. The summed E-state index contributed by atoms with van der Waals surface area (Å²) < 4.78 is 12.0. The Kier molecular flexibility index (Phi) is 5.78. The zero-order chi connectivity index (χ0) is 17.7. The van der Waals surface area contributed by atoms with Crippen LogP contribution in [0.3, 0.4) is 0 Å². The van der Waals surface area contributed by atoms with Crippen molar-refractivity contribution < 1.29 is 14.3 Å². The van der Waals surface area contributed by atoms with E-state index in [2.05, 4.69) is 50.1 Å². The molecule has 0 atom stereocenters. The highest BCUT2D eigenvalue weighted by Crippen LogP contribution is 2.27. The van der Waals surface area contributed by atoms with Crippen LogP contribution in [-0.4, -0.2) is 36.1 Å². The molecule has 0 radical (unpaired) electrons. The molecule has 2 aromatic rings. The summed E-state index contributed by atoms with van der Waals surface area (Å²) in [6, 6.07) is 10.1. The van der Waals surface area contributed by atoms with Crippen LogP contribution in [-0.2, 0) is 21.4 Å². The molecule has 0 aliphatic heterocycles. The van der Waals surface area contributed by atoms with Gasteiger partial charge in [-0.1, -0.05) is 45.0 Å². The second kappa shape index (κ2) is 7.62.